The fraction of sp³-hybridized carbons (Fsp3) is 0.500. The van der Waals surface area contributed by atoms with Crippen LogP contribution in [-0.2, 0) is 14.8 Å². The van der Waals surface area contributed by atoms with Gasteiger partial charge in [-0.05, 0) is 59.8 Å². The summed E-state index contributed by atoms with van der Waals surface area (Å²) in [6, 6.07) is 2.81. The van der Waals surface area contributed by atoms with Crippen LogP contribution in [0.1, 0.15) is 43.1 Å². The van der Waals surface area contributed by atoms with Crippen LogP contribution in [-0.4, -0.2) is 20.5 Å². The van der Waals surface area contributed by atoms with Crippen molar-refractivity contribution in [1.29, 1.82) is 0 Å². The molecule has 21 heavy (non-hydrogen) atoms. The molecule has 0 heterocycles. The fourth-order valence-electron chi connectivity index (χ4n) is 2.02. The molecule has 0 saturated carbocycles. The lowest BCUT2D eigenvalue weighted by Crippen LogP contribution is -2.19. The van der Waals surface area contributed by atoms with Crippen LogP contribution in [0.3, 0.4) is 0 Å². The van der Waals surface area contributed by atoms with E-state index in [-0.39, 0.29) is 16.6 Å². The Bertz CT molecular complexity index is 641. The zero-order valence-corrected chi connectivity index (χ0v) is 14.9. The van der Waals surface area contributed by atoms with Crippen LogP contribution in [0.5, 0.6) is 0 Å². The molecule has 1 atom stereocenters. The summed E-state index contributed by atoms with van der Waals surface area (Å²) in [5, 5.41) is 5.15. The van der Waals surface area contributed by atoms with Crippen molar-refractivity contribution in [3.63, 3.8) is 0 Å². The third kappa shape index (κ3) is 5.09. The van der Waals surface area contributed by atoms with Crippen LogP contribution >= 0.6 is 15.9 Å². The molecule has 0 aliphatic carbocycles. The van der Waals surface area contributed by atoms with Gasteiger partial charge in [0.2, 0.25) is 10.0 Å². The van der Waals surface area contributed by atoms with Gasteiger partial charge in [-0.1, -0.05) is 13.8 Å². The maximum Gasteiger partial charge on any atom is 0.338 e. The summed E-state index contributed by atoms with van der Waals surface area (Å²) in [7, 11) is -3.91. The minimum absolute atomic E-state index is 0.119. The number of carbonyl (C=O) groups excluding carboxylic acids is 1. The van der Waals surface area contributed by atoms with E-state index < -0.39 is 16.0 Å². The number of primary sulfonamides is 1. The molecular weight excluding hydrogens is 358 g/mol. The van der Waals surface area contributed by atoms with Crippen LogP contribution in [0.25, 0.3) is 0 Å². The minimum atomic E-state index is -3.91. The molecule has 1 aromatic carbocycles. The van der Waals surface area contributed by atoms with Crippen molar-refractivity contribution in [2.24, 2.45) is 11.1 Å². The van der Waals surface area contributed by atoms with Gasteiger partial charge in [-0.25, -0.2) is 18.4 Å². The Morgan fingerprint density at radius 2 is 1.90 bits per heavy atom. The molecule has 0 radical (unpaired) electrons. The first-order valence-corrected chi connectivity index (χ1v) is 8.90. The highest BCUT2D eigenvalue weighted by Crippen LogP contribution is 2.27. The molecule has 0 aromatic heterocycles. The number of aryl methyl sites for hydroxylation is 1. The Balaban J connectivity index is 3.09. The average molecular weight is 378 g/mol. The first-order valence-electron chi connectivity index (χ1n) is 6.56. The van der Waals surface area contributed by atoms with Gasteiger partial charge in [0.15, 0.2) is 0 Å². The van der Waals surface area contributed by atoms with Crippen molar-refractivity contribution in [1.82, 2.24) is 0 Å². The Labute approximate surface area is 134 Å². The van der Waals surface area contributed by atoms with E-state index in [4.69, 9.17) is 9.88 Å². The van der Waals surface area contributed by atoms with Gasteiger partial charge < -0.3 is 4.74 Å². The molecular formula is C14H20BrNO4S. The third-order valence-electron chi connectivity index (χ3n) is 2.87. The molecule has 5 nitrogen and oxygen atoms in total. The van der Waals surface area contributed by atoms with Crippen molar-refractivity contribution >= 4 is 31.9 Å². The Morgan fingerprint density at radius 1 is 1.33 bits per heavy atom. The second-order valence-corrected chi connectivity index (χ2v) is 7.82. The number of nitrogens with two attached hydrogens (primary N) is 1. The second kappa shape index (κ2) is 6.89. The molecule has 0 saturated heterocycles. The highest BCUT2D eigenvalue weighted by atomic mass is 79.9. The van der Waals surface area contributed by atoms with E-state index in [1.165, 1.54) is 6.07 Å². The number of sulfonamides is 1. The van der Waals surface area contributed by atoms with Gasteiger partial charge in [-0.15, -0.1) is 0 Å². The third-order valence-corrected chi connectivity index (χ3v) is 5.12. The van der Waals surface area contributed by atoms with E-state index in [1.807, 2.05) is 20.8 Å². The van der Waals surface area contributed by atoms with E-state index in [1.54, 1.807) is 13.0 Å². The minimum Gasteiger partial charge on any atom is -0.459 e. The topological polar surface area (TPSA) is 86.5 Å². The van der Waals surface area contributed by atoms with Crippen LogP contribution in [0.4, 0.5) is 0 Å². The van der Waals surface area contributed by atoms with Crippen LogP contribution in [0.15, 0.2) is 21.5 Å². The Morgan fingerprint density at radius 3 is 2.38 bits per heavy atom. The molecule has 0 spiro atoms. The highest BCUT2D eigenvalue weighted by molar-refractivity contribution is 9.10. The SMILES string of the molecule is Cc1cc(C(=O)OC(C)CC(C)C)cc(S(N)(=O)=O)c1Br. The number of hydrogen-bond acceptors (Lipinski definition) is 4. The summed E-state index contributed by atoms with van der Waals surface area (Å²) in [4.78, 5) is 12.0. The van der Waals surface area contributed by atoms with Crippen molar-refractivity contribution in [2.75, 3.05) is 0 Å². The molecule has 0 aliphatic heterocycles. The predicted octanol–water partition coefficient (Wildman–Crippen LogP) is 3.00. The maximum absolute atomic E-state index is 12.1. The van der Waals surface area contributed by atoms with Gasteiger partial charge in [-0.3, -0.25) is 0 Å². The summed E-state index contributed by atoms with van der Waals surface area (Å²) >= 11 is 3.17. The van der Waals surface area contributed by atoms with Crippen LogP contribution < -0.4 is 5.14 Å². The molecule has 7 heteroatoms. The van der Waals surface area contributed by atoms with Crippen molar-refractivity contribution in [3.05, 3.63) is 27.7 Å². The van der Waals surface area contributed by atoms with Crippen molar-refractivity contribution in [3.8, 4) is 0 Å². The monoisotopic (exact) mass is 377 g/mol. The van der Waals surface area contributed by atoms with E-state index >= 15 is 0 Å². The predicted molar refractivity (Wildman–Crippen MR) is 84.6 cm³/mol. The summed E-state index contributed by atoms with van der Waals surface area (Å²) < 4.78 is 28.8. The molecule has 0 fully saturated rings. The first kappa shape index (κ1) is 18.1. The number of hydrogen-bond donors (Lipinski definition) is 1. The average Bonchev–Trinajstić information content (AvgIpc) is 2.29. The fourth-order valence-corrected chi connectivity index (χ4v) is 3.63. The van der Waals surface area contributed by atoms with Gasteiger partial charge >= 0.3 is 5.97 Å². The number of halogens is 1. The summed E-state index contributed by atoms with van der Waals surface area (Å²) in [5.74, 6) is -0.150. The molecule has 118 valence electrons. The lowest BCUT2D eigenvalue weighted by molar-refractivity contribution is 0.0299. The Hall–Kier alpha value is -0.920. The molecule has 0 bridgehead atoms. The summed E-state index contributed by atoms with van der Waals surface area (Å²) in [6.07, 6.45) is 0.503. The lowest BCUT2D eigenvalue weighted by Gasteiger charge is -2.16. The summed E-state index contributed by atoms with van der Waals surface area (Å²) in [5.41, 5.74) is 0.778. The largest absolute Gasteiger partial charge is 0.459 e. The molecule has 1 unspecified atom stereocenters. The molecule has 1 aromatic rings. The Kier molecular flexibility index (Phi) is 5.95. The summed E-state index contributed by atoms with van der Waals surface area (Å²) in [6.45, 7) is 7.57. The number of esters is 1. The lowest BCUT2D eigenvalue weighted by atomic mass is 10.1. The van der Waals surface area contributed by atoms with Crippen molar-refractivity contribution in [2.45, 2.75) is 45.1 Å². The number of benzene rings is 1. The zero-order valence-electron chi connectivity index (χ0n) is 12.5. The van der Waals surface area contributed by atoms with Crippen LogP contribution in [0, 0.1) is 12.8 Å². The highest BCUT2D eigenvalue weighted by Gasteiger charge is 2.20. The second-order valence-electron chi connectivity index (χ2n) is 5.50. The van der Waals surface area contributed by atoms with E-state index in [2.05, 4.69) is 15.9 Å². The standard InChI is InChI=1S/C14H20BrNO4S/c1-8(2)5-10(4)20-14(17)11-6-9(3)13(15)12(7-11)21(16,18)19/h6-8,10H,5H2,1-4H3,(H2,16,18,19). The number of rotatable bonds is 5. The quantitative estimate of drug-likeness (QED) is 0.798. The zero-order chi connectivity index (χ0) is 16.4. The number of ether oxygens (including phenoxy) is 1. The maximum atomic E-state index is 12.1. The molecule has 2 N–H and O–H groups in total. The van der Waals surface area contributed by atoms with Crippen molar-refractivity contribution < 1.29 is 17.9 Å². The van der Waals surface area contributed by atoms with Gasteiger partial charge in [0.25, 0.3) is 0 Å². The smallest absolute Gasteiger partial charge is 0.338 e. The van der Waals surface area contributed by atoms with E-state index in [0.717, 1.165) is 6.42 Å². The van der Waals surface area contributed by atoms with Gasteiger partial charge in [0.05, 0.1) is 16.6 Å². The molecule has 0 aliphatic rings. The normalized spacial score (nSPS) is 13.3. The van der Waals surface area contributed by atoms with E-state index in [0.29, 0.717) is 16.0 Å². The van der Waals surface area contributed by atoms with Crippen LogP contribution in [0.2, 0.25) is 0 Å². The molecule has 1 rings (SSSR count). The van der Waals surface area contributed by atoms with Gasteiger partial charge in [0.1, 0.15) is 0 Å². The first-order chi connectivity index (χ1) is 9.52. The van der Waals surface area contributed by atoms with Gasteiger partial charge in [0, 0.05) is 4.47 Å². The molecule has 0 amide bonds. The van der Waals surface area contributed by atoms with Gasteiger partial charge in [-0.2, -0.15) is 0 Å². The number of carbonyl (C=O) groups is 1. The van der Waals surface area contributed by atoms with E-state index in [9.17, 15) is 13.2 Å².